The molecule has 0 bridgehead atoms. The first-order chi connectivity index (χ1) is 16.6. The highest BCUT2D eigenvalue weighted by Gasteiger charge is 2.12. The second kappa shape index (κ2) is 9.22. The minimum absolute atomic E-state index is 0.0519. The van der Waals surface area contributed by atoms with E-state index in [1.54, 1.807) is 23.8 Å². The largest absolute Gasteiger partial charge is 0.497 e. The standard InChI is InChI=1S/C25H24N6O3/c1-30-16-18(20-5-3-4-6-21(20)30)15-23(32)26-13-14-34-24-12-11-22-27-28-25(31(22)29-24)17-7-9-19(33-2)10-8-17/h3-12,16H,13-15H2,1-2H3,(H,26,32). The predicted octanol–water partition coefficient (Wildman–Crippen LogP) is 3.03. The fourth-order valence-electron chi connectivity index (χ4n) is 3.92. The fraction of sp³-hybridized carbons (Fsp3) is 0.200. The zero-order valence-corrected chi connectivity index (χ0v) is 18.9. The Morgan fingerprint density at radius 3 is 2.68 bits per heavy atom. The van der Waals surface area contributed by atoms with Crippen molar-refractivity contribution in [1.82, 2.24) is 29.7 Å². The number of rotatable bonds is 8. The van der Waals surface area contributed by atoms with E-state index in [1.165, 1.54) is 0 Å². The molecular weight excluding hydrogens is 432 g/mol. The average Bonchev–Trinajstić information content (AvgIpc) is 3.43. The number of hydrogen-bond acceptors (Lipinski definition) is 6. The van der Waals surface area contributed by atoms with E-state index >= 15 is 0 Å². The maximum atomic E-state index is 12.4. The summed E-state index contributed by atoms with van der Waals surface area (Å²) in [6.45, 7) is 0.663. The molecule has 34 heavy (non-hydrogen) atoms. The van der Waals surface area contributed by atoms with Gasteiger partial charge in [0.25, 0.3) is 0 Å². The zero-order valence-electron chi connectivity index (χ0n) is 18.9. The number of fused-ring (bicyclic) bond motifs is 2. The van der Waals surface area contributed by atoms with E-state index in [9.17, 15) is 4.79 Å². The number of amides is 1. The van der Waals surface area contributed by atoms with E-state index < -0.39 is 0 Å². The Labute approximate surface area is 195 Å². The summed E-state index contributed by atoms with van der Waals surface area (Å²) < 4.78 is 14.6. The number of methoxy groups -OCH3 is 1. The number of para-hydroxylation sites is 1. The maximum Gasteiger partial charge on any atom is 0.231 e. The normalized spacial score (nSPS) is 11.1. The second-order valence-corrected chi connectivity index (χ2v) is 7.85. The van der Waals surface area contributed by atoms with Crippen molar-refractivity contribution in [3.8, 4) is 23.0 Å². The molecule has 2 aromatic carbocycles. The highest BCUT2D eigenvalue weighted by atomic mass is 16.5. The number of nitrogens with zero attached hydrogens (tertiary/aromatic N) is 5. The Morgan fingerprint density at radius 2 is 1.85 bits per heavy atom. The molecule has 0 radical (unpaired) electrons. The van der Waals surface area contributed by atoms with Gasteiger partial charge in [0, 0.05) is 35.8 Å². The molecule has 0 atom stereocenters. The van der Waals surface area contributed by atoms with Gasteiger partial charge >= 0.3 is 0 Å². The van der Waals surface area contributed by atoms with Gasteiger partial charge in [-0.2, -0.15) is 4.52 Å². The van der Waals surface area contributed by atoms with Crippen molar-refractivity contribution in [2.45, 2.75) is 6.42 Å². The summed E-state index contributed by atoms with van der Waals surface area (Å²) in [5.74, 6) is 1.73. The Bertz CT molecular complexity index is 1460. The van der Waals surface area contributed by atoms with E-state index in [0.29, 0.717) is 36.9 Å². The minimum atomic E-state index is -0.0519. The SMILES string of the molecule is COc1ccc(-c2nnc3ccc(OCCNC(=O)Cc4cn(C)c5ccccc45)nn23)cc1. The Morgan fingerprint density at radius 1 is 1.03 bits per heavy atom. The van der Waals surface area contributed by atoms with Crippen molar-refractivity contribution < 1.29 is 14.3 Å². The summed E-state index contributed by atoms with van der Waals surface area (Å²) in [6.07, 6.45) is 2.32. The lowest BCUT2D eigenvalue weighted by atomic mass is 10.1. The molecule has 0 saturated carbocycles. The van der Waals surface area contributed by atoms with E-state index in [-0.39, 0.29) is 5.91 Å². The predicted molar refractivity (Wildman–Crippen MR) is 128 cm³/mol. The second-order valence-electron chi connectivity index (χ2n) is 7.85. The van der Waals surface area contributed by atoms with Crippen LogP contribution in [0.1, 0.15) is 5.56 Å². The van der Waals surface area contributed by atoms with E-state index in [0.717, 1.165) is 27.8 Å². The number of nitrogens with one attached hydrogen (secondary N) is 1. The number of ether oxygens (including phenoxy) is 2. The molecule has 0 aliphatic rings. The average molecular weight is 457 g/mol. The van der Waals surface area contributed by atoms with Gasteiger partial charge in [0.15, 0.2) is 11.5 Å². The monoisotopic (exact) mass is 456 g/mol. The lowest BCUT2D eigenvalue weighted by Crippen LogP contribution is -2.29. The molecule has 5 rings (SSSR count). The van der Waals surface area contributed by atoms with Crippen LogP contribution in [-0.4, -0.2) is 50.5 Å². The van der Waals surface area contributed by atoms with Crippen molar-refractivity contribution in [3.63, 3.8) is 0 Å². The van der Waals surface area contributed by atoms with Gasteiger partial charge in [0.05, 0.1) is 20.1 Å². The first-order valence-corrected chi connectivity index (χ1v) is 10.9. The van der Waals surface area contributed by atoms with Gasteiger partial charge in [0.2, 0.25) is 11.8 Å². The van der Waals surface area contributed by atoms with Crippen LogP contribution >= 0.6 is 0 Å². The van der Waals surface area contributed by atoms with Crippen LogP contribution < -0.4 is 14.8 Å². The first-order valence-electron chi connectivity index (χ1n) is 10.9. The third-order valence-corrected chi connectivity index (χ3v) is 5.59. The molecule has 172 valence electrons. The number of carbonyl (C=O) groups excluding carboxylic acids is 1. The van der Waals surface area contributed by atoms with Gasteiger partial charge in [-0.05, 0) is 42.0 Å². The Kier molecular flexibility index (Phi) is 5.82. The molecule has 3 heterocycles. The van der Waals surface area contributed by atoms with Crippen molar-refractivity contribution in [2.24, 2.45) is 7.05 Å². The molecular formula is C25H24N6O3. The molecule has 0 unspecified atom stereocenters. The molecule has 3 aromatic heterocycles. The van der Waals surface area contributed by atoms with Crippen molar-refractivity contribution >= 4 is 22.5 Å². The van der Waals surface area contributed by atoms with Crippen LogP contribution in [0.15, 0.2) is 66.9 Å². The molecule has 5 aromatic rings. The third-order valence-electron chi connectivity index (χ3n) is 5.59. The molecule has 0 aliphatic heterocycles. The first kappa shape index (κ1) is 21.4. The molecule has 0 aliphatic carbocycles. The molecule has 1 amide bonds. The Hall–Kier alpha value is -4.40. The molecule has 9 heteroatoms. The van der Waals surface area contributed by atoms with E-state index in [4.69, 9.17) is 9.47 Å². The molecule has 0 spiro atoms. The number of benzene rings is 2. The smallest absolute Gasteiger partial charge is 0.231 e. The highest BCUT2D eigenvalue weighted by Crippen LogP contribution is 2.22. The van der Waals surface area contributed by atoms with Gasteiger partial charge in [-0.1, -0.05) is 18.2 Å². The van der Waals surface area contributed by atoms with Crippen molar-refractivity contribution in [1.29, 1.82) is 0 Å². The van der Waals surface area contributed by atoms with Crippen molar-refractivity contribution in [2.75, 3.05) is 20.3 Å². The van der Waals surface area contributed by atoms with E-state index in [2.05, 4.69) is 20.6 Å². The molecule has 0 fully saturated rings. The number of carbonyl (C=O) groups is 1. The Balaban J connectivity index is 1.19. The van der Waals surface area contributed by atoms with Crippen LogP contribution in [0.25, 0.3) is 27.9 Å². The summed E-state index contributed by atoms with van der Waals surface area (Å²) in [6, 6.07) is 19.1. The lowest BCUT2D eigenvalue weighted by molar-refractivity contribution is -0.120. The summed E-state index contributed by atoms with van der Waals surface area (Å²) >= 11 is 0. The van der Waals surface area contributed by atoms with E-state index in [1.807, 2.05) is 66.3 Å². The van der Waals surface area contributed by atoms with Crippen LogP contribution in [-0.2, 0) is 18.3 Å². The third kappa shape index (κ3) is 4.27. The van der Waals surface area contributed by atoms with Crippen LogP contribution in [0.2, 0.25) is 0 Å². The van der Waals surface area contributed by atoms with Crippen LogP contribution in [0.3, 0.4) is 0 Å². The fourth-order valence-corrected chi connectivity index (χ4v) is 3.92. The van der Waals surface area contributed by atoms with Gasteiger partial charge in [-0.3, -0.25) is 4.79 Å². The summed E-state index contributed by atoms with van der Waals surface area (Å²) in [5.41, 5.74) is 3.58. The summed E-state index contributed by atoms with van der Waals surface area (Å²) in [5, 5.41) is 16.9. The highest BCUT2D eigenvalue weighted by molar-refractivity contribution is 5.89. The maximum absolute atomic E-state index is 12.4. The van der Waals surface area contributed by atoms with Gasteiger partial charge < -0.3 is 19.4 Å². The topological polar surface area (TPSA) is 95.6 Å². The lowest BCUT2D eigenvalue weighted by Gasteiger charge is -2.08. The molecule has 0 saturated heterocycles. The van der Waals surface area contributed by atoms with Gasteiger partial charge in [0.1, 0.15) is 12.4 Å². The zero-order chi connectivity index (χ0) is 23.5. The van der Waals surface area contributed by atoms with Crippen LogP contribution in [0.5, 0.6) is 11.6 Å². The van der Waals surface area contributed by atoms with Crippen LogP contribution in [0.4, 0.5) is 0 Å². The van der Waals surface area contributed by atoms with Crippen molar-refractivity contribution in [3.05, 3.63) is 72.4 Å². The number of hydrogen-bond donors (Lipinski definition) is 1. The molecule has 9 nitrogen and oxygen atoms in total. The van der Waals surface area contributed by atoms with Gasteiger partial charge in [-0.25, -0.2) is 0 Å². The van der Waals surface area contributed by atoms with Crippen LogP contribution in [0, 0.1) is 0 Å². The quantitative estimate of drug-likeness (QED) is 0.361. The minimum Gasteiger partial charge on any atom is -0.497 e. The number of aromatic nitrogens is 5. The summed E-state index contributed by atoms with van der Waals surface area (Å²) in [4.78, 5) is 12.4. The summed E-state index contributed by atoms with van der Waals surface area (Å²) in [7, 11) is 3.61. The number of aryl methyl sites for hydroxylation is 1. The van der Waals surface area contributed by atoms with Gasteiger partial charge in [-0.15, -0.1) is 15.3 Å². The molecule has 1 N–H and O–H groups in total.